The number of hydrogen-bond acceptors (Lipinski definition) is 4. The smallest absolute Gasteiger partial charge is 0.0187 e. The summed E-state index contributed by atoms with van der Waals surface area (Å²) in [4.78, 5) is 0. The first kappa shape index (κ1) is 12.8. The molecule has 4 heteroatoms. The zero-order valence-electron chi connectivity index (χ0n) is 8.84. The molecule has 0 saturated heterocycles. The minimum atomic E-state index is 0.454. The maximum absolute atomic E-state index is 5.56. The molecule has 0 heterocycles. The Morgan fingerprint density at radius 2 is 1.31 bits per heavy atom. The third kappa shape index (κ3) is 5.99. The molecule has 0 radical (unpaired) electrons. The highest BCUT2D eigenvalue weighted by molar-refractivity contribution is 4.69. The zero-order chi connectivity index (χ0) is 10.1. The maximum Gasteiger partial charge on any atom is 0.0187 e. The predicted molar refractivity (Wildman–Crippen MR) is 57.7 cm³/mol. The van der Waals surface area contributed by atoms with E-state index < -0.39 is 0 Å². The number of hydrogen-bond donors (Lipinski definition) is 4. The molecule has 80 valence electrons. The van der Waals surface area contributed by atoms with Crippen molar-refractivity contribution in [1.29, 1.82) is 0 Å². The average molecular weight is 188 g/mol. The van der Waals surface area contributed by atoms with Crippen LogP contribution in [-0.2, 0) is 0 Å². The second kappa shape index (κ2) is 8.44. The van der Waals surface area contributed by atoms with Crippen molar-refractivity contribution in [3.05, 3.63) is 0 Å². The zero-order valence-corrected chi connectivity index (χ0v) is 8.84. The molecule has 0 bridgehead atoms. The number of nitrogens with one attached hydrogen (secondary N) is 2. The summed E-state index contributed by atoms with van der Waals surface area (Å²) >= 11 is 0. The summed E-state index contributed by atoms with van der Waals surface area (Å²) in [6, 6.07) is 0.908. The lowest BCUT2D eigenvalue weighted by Crippen LogP contribution is -2.35. The van der Waals surface area contributed by atoms with Crippen LogP contribution in [0.2, 0.25) is 0 Å². The van der Waals surface area contributed by atoms with Gasteiger partial charge in [-0.1, -0.05) is 6.42 Å². The lowest BCUT2D eigenvalue weighted by Gasteiger charge is -2.16. The molecule has 0 aliphatic rings. The van der Waals surface area contributed by atoms with Gasteiger partial charge in [0.15, 0.2) is 0 Å². The summed E-state index contributed by atoms with van der Waals surface area (Å²) in [5.74, 6) is 0. The van der Waals surface area contributed by atoms with E-state index in [1.807, 2.05) is 14.1 Å². The first-order chi connectivity index (χ1) is 6.28. The molecule has 4 nitrogen and oxygen atoms in total. The molecule has 2 unspecified atom stereocenters. The van der Waals surface area contributed by atoms with Crippen LogP contribution in [0.4, 0.5) is 0 Å². The molecule has 0 aliphatic heterocycles. The van der Waals surface area contributed by atoms with Crippen molar-refractivity contribution in [2.75, 3.05) is 27.2 Å². The van der Waals surface area contributed by atoms with Gasteiger partial charge >= 0.3 is 0 Å². The molecule has 0 amide bonds. The highest BCUT2D eigenvalue weighted by Gasteiger charge is 2.06. The molecule has 0 fully saturated rings. The van der Waals surface area contributed by atoms with E-state index in [0.717, 1.165) is 12.8 Å². The van der Waals surface area contributed by atoms with Crippen LogP contribution in [0, 0.1) is 0 Å². The van der Waals surface area contributed by atoms with Crippen molar-refractivity contribution in [3.8, 4) is 0 Å². The summed E-state index contributed by atoms with van der Waals surface area (Å²) in [7, 11) is 3.91. The van der Waals surface area contributed by atoms with Crippen LogP contribution in [0.1, 0.15) is 19.3 Å². The third-order valence-electron chi connectivity index (χ3n) is 2.49. The normalized spacial score (nSPS) is 15.7. The Kier molecular flexibility index (Phi) is 8.33. The fourth-order valence-electron chi connectivity index (χ4n) is 1.37. The van der Waals surface area contributed by atoms with Crippen LogP contribution in [0.25, 0.3) is 0 Å². The molecule has 2 atom stereocenters. The summed E-state index contributed by atoms with van der Waals surface area (Å²) < 4.78 is 0. The van der Waals surface area contributed by atoms with Gasteiger partial charge in [-0.05, 0) is 26.9 Å². The Balaban J connectivity index is 3.41. The fourth-order valence-corrected chi connectivity index (χ4v) is 1.37. The Morgan fingerprint density at radius 1 is 0.923 bits per heavy atom. The van der Waals surface area contributed by atoms with Crippen LogP contribution in [-0.4, -0.2) is 39.3 Å². The number of likely N-dealkylation sites (N-methyl/N-ethyl adjacent to an activating group) is 2. The number of nitrogens with two attached hydrogens (primary N) is 2. The van der Waals surface area contributed by atoms with Crippen LogP contribution in [0.3, 0.4) is 0 Å². The van der Waals surface area contributed by atoms with E-state index >= 15 is 0 Å². The molecule has 0 aromatic heterocycles. The number of rotatable bonds is 8. The van der Waals surface area contributed by atoms with Gasteiger partial charge in [-0.3, -0.25) is 0 Å². The average Bonchev–Trinajstić information content (AvgIpc) is 2.19. The van der Waals surface area contributed by atoms with Crippen molar-refractivity contribution in [2.45, 2.75) is 31.3 Å². The first-order valence-corrected chi connectivity index (χ1v) is 5.03. The van der Waals surface area contributed by atoms with Crippen molar-refractivity contribution in [3.63, 3.8) is 0 Å². The van der Waals surface area contributed by atoms with Crippen LogP contribution in [0.15, 0.2) is 0 Å². The molecule has 0 rings (SSSR count). The molecular formula is C9H24N4. The molecule has 13 heavy (non-hydrogen) atoms. The molecule has 0 aliphatic carbocycles. The predicted octanol–water partition coefficient (Wildman–Crippen LogP) is -0.750. The Hall–Kier alpha value is -0.160. The molecule has 6 N–H and O–H groups in total. The second-order valence-electron chi connectivity index (χ2n) is 3.37. The Bertz CT molecular complexity index is 87.8. The van der Waals surface area contributed by atoms with Crippen molar-refractivity contribution < 1.29 is 0 Å². The second-order valence-corrected chi connectivity index (χ2v) is 3.37. The van der Waals surface area contributed by atoms with E-state index in [4.69, 9.17) is 11.5 Å². The largest absolute Gasteiger partial charge is 0.329 e. The van der Waals surface area contributed by atoms with Gasteiger partial charge in [-0.15, -0.1) is 0 Å². The summed E-state index contributed by atoms with van der Waals surface area (Å²) in [6.45, 7) is 1.42. The quantitative estimate of drug-likeness (QED) is 0.404. The van der Waals surface area contributed by atoms with E-state index in [1.165, 1.54) is 6.42 Å². The lowest BCUT2D eigenvalue weighted by atomic mass is 10.1. The fraction of sp³-hybridized carbons (Fsp3) is 1.00. The highest BCUT2D eigenvalue weighted by Crippen LogP contribution is 2.02. The Morgan fingerprint density at radius 3 is 1.54 bits per heavy atom. The molecular weight excluding hydrogens is 164 g/mol. The monoisotopic (exact) mass is 188 g/mol. The first-order valence-electron chi connectivity index (χ1n) is 5.03. The van der Waals surface area contributed by atoms with Gasteiger partial charge in [0.2, 0.25) is 0 Å². The van der Waals surface area contributed by atoms with Gasteiger partial charge in [0.1, 0.15) is 0 Å². The van der Waals surface area contributed by atoms with E-state index in [2.05, 4.69) is 10.6 Å². The van der Waals surface area contributed by atoms with Gasteiger partial charge in [0, 0.05) is 25.2 Å². The SMILES string of the molecule is CNC(CN)CCCC(CN)NC. The summed E-state index contributed by atoms with van der Waals surface area (Å²) in [5, 5.41) is 6.37. The van der Waals surface area contributed by atoms with Gasteiger partial charge in [0.05, 0.1) is 0 Å². The van der Waals surface area contributed by atoms with Crippen molar-refractivity contribution >= 4 is 0 Å². The molecule has 0 saturated carbocycles. The third-order valence-corrected chi connectivity index (χ3v) is 2.49. The van der Waals surface area contributed by atoms with E-state index in [0.29, 0.717) is 25.2 Å². The summed E-state index contributed by atoms with van der Waals surface area (Å²) in [6.07, 6.45) is 3.43. The minimum absolute atomic E-state index is 0.454. The van der Waals surface area contributed by atoms with Gasteiger partial charge in [-0.2, -0.15) is 0 Å². The van der Waals surface area contributed by atoms with Gasteiger partial charge < -0.3 is 22.1 Å². The van der Waals surface area contributed by atoms with Crippen LogP contribution >= 0.6 is 0 Å². The van der Waals surface area contributed by atoms with Crippen LogP contribution < -0.4 is 22.1 Å². The maximum atomic E-state index is 5.56. The Labute approximate surface area is 81.4 Å². The van der Waals surface area contributed by atoms with E-state index in [9.17, 15) is 0 Å². The van der Waals surface area contributed by atoms with Gasteiger partial charge in [-0.25, -0.2) is 0 Å². The molecule has 0 aromatic rings. The molecule has 0 aromatic carbocycles. The highest BCUT2D eigenvalue weighted by atomic mass is 14.9. The van der Waals surface area contributed by atoms with Crippen LogP contribution in [0.5, 0.6) is 0 Å². The van der Waals surface area contributed by atoms with Crippen molar-refractivity contribution in [2.24, 2.45) is 11.5 Å². The molecule has 0 spiro atoms. The lowest BCUT2D eigenvalue weighted by molar-refractivity contribution is 0.453. The minimum Gasteiger partial charge on any atom is -0.329 e. The summed E-state index contributed by atoms with van der Waals surface area (Å²) in [5.41, 5.74) is 11.1. The van der Waals surface area contributed by atoms with E-state index in [-0.39, 0.29) is 0 Å². The standard InChI is InChI=1S/C9H24N4/c1-12-8(6-10)4-3-5-9(7-11)13-2/h8-9,12-13H,3-7,10-11H2,1-2H3. The van der Waals surface area contributed by atoms with Crippen molar-refractivity contribution in [1.82, 2.24) is 10.6 Å². The van der Waals surface area contributed by atoms with E-state index in [1.54, 1.807) is 0 Å². The topological polar surface area (TPSA) is 76.1 Å². The van der Waals surface area contributed by atoms with Gasteiger partial charge in [0.25, 0.3) is 0 Å².